The highest BCUT2D eigenvalue weighted by atomic mass is 127. The van der Waals surface area contributed by atoms with Crippen LogP contribution in [-0.4, -0.2) is 42.8 Å². The van der Waals surface area contributed by atoms with Crippen molar-refractivity contribution in [2.45, 2.75) is 56.5 Å². The summed E-state index contributed by atoms with van der Waals surface area (Å²) in [6, 6.07) is 0.310. The summed E-state index contributed by atoms with van der Waals surface area (Å²) in [5.41, 5.74) is 0. The second-order valence-corrected chi connectivity index (χ2v) is 6.13. The van der Waals surface area contributed by atoms with E-state index in [0.29, 0.717) is 23.8 Å². The zero-order valence-corrected chi connectivity index (χ0v) is 15.6. The maximum absolute atomic E-state index is 12.1. The molecule has 3 nitrogen and oxygen atoms in total. The van der Waals surface area contributed by atoms with Crippen LogP contribution in [0.1, 0.15) is 39.0 Å². The highest BCUT2D eigenvalue weighted by Gasteiger charge is 2.26. The van der Waals surface area contributed by atoms with E-state index in [4.69, 9.17) is 0 Å². The number of thioether (sulfide) groups is 1. The van der Waals surface area contributed by atoms with Gasteiger partial charge in [-0.2, -0.15) is 24.9 Å². The van der Waals surface area contributed by atoms with Crippen LogP contribution in [0.3, 0.4) is 0 Å². The molecule has 21 heavy (non-hydrogen) atoms. The molecule has 0 amide bonds. The van der Waals surface area contributed by atoms with Gasteiger partial charge in [-0.25, -0.2) is 0 Å². The molecule has 2 atom stereocenters. The number of alkyl halides is 3. The smallest absolute Gasteiger partial charge is 0.357 e. The molecule has 1 aliphatic carbocycles. The van der Waals surface area contributed by atoms with Crippen LogP contribution < -0.4 is 10.6 Å². The molecule has 2 unspecified atom stereocenters. The van der Waals surface area contributed by atoms with Crippen molar-refractivity contribution in [1.29, 1.82) is 0 Å². The van der Waals surface area contributed by atoms with Crippen molar-refractivity contribution < 1.29 is 13.2 Å². The molecule has 0 spiro atoms. The minimum Gasteiger partial charge on any atom is -0.357 e. The van der Waals surface area contributed by atoms with Gasteiger partial charge in [-0.05, 0) is 32.4 Å². The Hall–Kier alpha value is 0.140. The van der Waals surface area contributed by atoms with E-state index in [9.17, 15) is 13.2 Å². The van der Waals surface area contributed by atoms with Crippen molar-refractivity contribution in [2.24, 2.45) is 4.99 Å². The summed E-state index contributed by atoms with van der Waals surface area (Å²) in [5, 5.41) is 6.92. The first kappa shape index (κ1) is 21.1. The monoisotopic (exact) mass is 439 g/mol. The lowest BCUT2D eigenvalue weighted by molar-refractivity contribution is -0.132. The molecule has 126 valence electrons. The summed E-state index contributed by atoms with van der Waals surface area (Å²) in [4.78, 5) is 4.01. The first-order valence-electron chi connectivity index (χ1n) is 7.09. The van der Waals surface area contributed by atoms with Crippen LogP contribution in [0.4, 0.5) is 13.2 Å². The van der Waals surface area contributed by atoms with E-state index in [-0.39, 0.29) is 30.5 Å². The van der Waals surface area contributed by atoms with E-state index >= 15 is 0 Å². The quantitative estimate of drug-likeness (QED) is 0.389. The molecule has 0 aromatic rings. The number of halogens is 4. The normalized spacial score (nSPS) is 23.4. The largest absolute Gasteiger partial charge is 0.390 e. The summed E-state index contributed by atoms with van der Waals surface area (Å²) in [6.45, 7) is 2.33. The Balaban J connectivity index is 0.00000400. The number of hydrogen-bond donors (Lipinski definition) is 2. The molecule has 0 aliphatic heterocycles. The van der Waals surface area contributed by atoms with Gasteiger partial charge in [0, 0.05) is 17.8 Å². The standard InChI is InChI=1S/C13H24F3N3S.HI/c1-3-17-12(18-8-7-13(14,15)16)19-10-5-4-6-11(9-10)20-2;/h10-11H,3-9H2,1-2H3,(H2,17,18,19);1H. The van der Waals surface area contributed by atoms with E-state index in [0.717, 1.165) is 19.3 Å². The van der Waals surface area contributed by atoms with Crippen molar-refractivity contribution in [3.8, 4) is 0 Å². The molecular formula is C13H25F3IN3S. The van der Waals surface area contributed by atoms with Gasteiger partial charge in [0.15, 0.2) is 5.96 Å². The third-order valence-corrected chi connectivity index (χ3v) is 4.40. The zero-order valence-electron chi connectivity index (χ0n) is 12.5. The molecule has 1 saturated carbocycles. The van der Waals surface area contributed by atoms with Crippen molar-refractivity contribution in [3.05, 3.63) is 0 Å². The average molecular weight is 439 g/mol. The van der Waals surface area contributed by atoms with Crippen molar-refractivity contribution >= 4 is 41.7 Å². The van der Waals surface area contributed by atoms with Gasteiger partial charge in [-0.15, -0.1) is 24.0 Å². The Bertz CT molecular complexity index is 314. The number of nitrogens with one attached hydrogen (secondary N) is 2. The number of hydrogen-bond acceptors (Lipinski definition) is 2. The molecule has 0 radical (unpaired) electrons. The fraction of sp³-hybridized carbons (Fsp3) is 0.923. The van der Waals surface area contributed by atoms with E-state index < -0.39 is 12.6 Å². The van der Waals surface area contributed by atoms with Crippen LogP contribution in [0.25, 0.3) is 0 Å². The molecule has 0 saturated heterocycles. The Kier molecular flexibility index (Phi) is 10.9. The maximum Gasteiger partial charge on any atom is 0.390 e. The van der Waals surface area contributed by atoms with Crippen LogP contribution in [0.2, 0.25) is 0 Å². The summed E-state index contributed by atoms with van der Waals surface area (Å²) >= 11 is 1.86. The Labute approximate surface area is 146 Å². The lowest BCUT2D eigenvalue weighted by Crippen LogP contribution is -2.45. The van der Waals surface area contributed by atoms with Crippen LogP contribution in [0, 0.1) is 0 Å². The summed E-state index contributed by atoms with van der Waals surface area (Å²) in [5.74, 6) is 0.503. The average Bonchev–Trinajstić information content (AvgIpc) is 2.37. The molecule has 0 aromatic heterocycles. The fourth-order valence-corrected chi connectivity index (χ4v) is 3.13. The van der Waals surface area contributed by atoms with Gasteiger partial charge in [-0.1, -0.05) is 6.42 Å². The summed E-state index contributed by atoms with van der Waals surface area (Å²) in [7, 11) is 0. The first-order valence-corrected chi connectivity index (χ1v) is 8.37. The number of rotatable bonds is 5. The van der Waals surface area contributed by atoms with E-state index in [1.54, 1.807) is 0 Å². The number of aliphatic imine (C=N–C) groups is 1. The van der Waals surface area contributed by atoms with Gasteiger partial charge in [-0.3, -0.25) is 4.99 Å². The number of guanidine groups is 1. The molecule has 1 aliphatic rings. The predicted molar refractivity (Wildman–Crippen MR) is 94.8 cm³/mol. The molecule has 8 heteroatoms. The highest BCUT2D eigenvalue weighted by Crippen LogP contribution is 2.26. The van der Waals surface area contributed by atoms with Crippen molar-refractivity contribution in [2.75, 3.05) is 19.3 Å². The van der Waals surface area contributed by atoms with Crippen LogP contribution in [0.5, 0.6) is 0 Å². The molecule has 2 N–H and O–H groups in total. The van der Waals surface area contributed by atoms with Crippen LogP contribution in [-0.2, 0) is 0 Å². The van der Waals surface area contributed by atoms with Gasteiger partial charge < -0.3 is 10.6 Å². The summed E-state index contributed by atoms with van der Waals surface area (Å²) in [6.07, 6.45) is 1.57. The van der Waals surface area contributed by atoms with Gasteiger partial charge >= 0.3 is 6.18 Å². The van der Waals surface area contributed by atoms with E-state index in [2.05, 4.69) is 21.9 Å². The van der Waals surface area contributed by atoms with Gasteiger partial charge in [0.05, 0.1) is 13.0 Å². The molecule has 1 rings (SSSR count). The minimum absolute atomic E-state index is 0. The van der Waals surface area contributed by atoms with Gasteiger partial charge in [0.1, 0.15) is 0 Å². The molecule has 1 fully saturated rings. The van der Waals surface area contributed by atoms with E-state index in [1.807, 2.05) is 18.7 Å². The molecule has 0 heterocycles. The second-order valence-electron chi connectivity index (χ2n) is 4.99. The zero-order chi connectivity index (χ0) is 15.0. The SMILES string of the molecule is CCNC(=NCCC(F)(F)F)NC1CCCC(SC)C1.I. The molecule has 0 aromatic carbocycles. The molecule has 0 bridgehead atoms. The fourth-order valence-electron chi connectivity index (χ4n) is 2.30. The van der Waals surface area contributed by atoms with Crippen molar-refractivity contribution in [3.63, 3.8) is 0 Å². The maximum atomic E-state index is 12.1. The first-order chi connectivity index (χ1) is 9.44. The third-order valence-electron chi connectivity index (χ3n) is 3.31. The highest BCUT2D eigenvalue weighted by molar-refractivity contribution is 14.0. The van der Waals surface area contributed by atoms with Gasteiger partial charge in [0.2, 0.25) is 0 Å². The number of nitrogens with zero attached hydrogens (tertiary/aromatic N) is 1. The topological polar surface area (TPSA) is 36.4 Å². The van der Waals surface area contributed by atoms with Gasteiger partial charge in [0.25, 0.3) is 0 Å². The Morgan fingerprint density at radius 1 is 1.33 bits per heavy atom. The lowest BCUT2D eigenvalue weighted by atomic mass is 9.95. The Morgan fingerprint density at radius 2 is 2.05 bits per heavy atom. The third kappa shape index (κ3) is 9.70. The van der Waals surface area contributed by atoms with E-state index in [1.165, 1.54) is 6.42 Å². The second kappa shape index (κ2) is 10.8. The predicted octanol–water partition coefficient (Wildman–Crippen LogP) is 3.79. The molecular weight excluding hydrogens is 414 g/mol. The minimum atomic E-state index is -4.14. The van der Waals surface area contributed by atoms with Crippen LogP contribution >= 0.6 is 35.7 Å². The van der Waals surface area contributed by atoms with Crippen LogP contribution in [0.15, 0.2) is 4.99 Å². The Morgan fingerprint density at radius 3 is 2.62 bits per heavy atom. The summed E-state index contributed by atoms with van der Waals surface area (Å²) < 4.78 is 36.4. The lowest BCUT2D eigenvalue weighted by Gasteiger charge is -2.29. The van der Waals surface area contributed by atoms with Crippen molar-refractivity contribution in [1.82, 2.24) is 10.6 Å².